The molecule has 0 bridgehead atoms. The van der Waals surface area contributed by atoms with Gasteiger partial charge in [0, 0.05) is 30.9 Å². The summed E-state index contributed by atoms with van der Waals surface area (Å²) in [6.45, 7) is 4.55. The van der Waals surface area contributed by atoms with Crippen LogP contribution in [-0.2, 0) is 4.79 Å². The maximum Gasteiger partial charge on any atom is 0.303 e. The number of carboxylic acid groups (broad SMARTS) is 1. The summed E-state index contributed by atoms with van der Waals surface area (Å²) in [4.78, 5) is 30.0. The number of pyridine rings is 1. The molecule has 1 aliphatic heterocycles. The second kappa shape index (κ2) is 7.68. The van der Waals surface area contributed by atoms with Gasteiger partial charge in [-0.15, -0.1) is 0 Å². The number of carboxylic acids is 1. The number of carbonyl (C=O) groups is 2. The van der Waals surface area contributed by atoms with Crippen molar-refractivity contribution in [2.75, 3.05) is 6.54 Å². The Hall–Kier alpha value is -2.70. The Morgan fingerprint density at radius 3 is 2.69 bits per heavy atom. The third-order valence-electron chi connectivity index (χ3n) is 4.80. The van der Waals surface area contributed by atoms with E-state index in [1.165, 1.54) is 0 Å². The molecule has 0 spiro atoms. The molecule has 1 amide bonds. The molecule has 2 aromatic rings. The molecule has 7 nitrogen and oxygen atoms in total. The van der Waals surface area contributed by atoms with Crippen molar-refractivity contribution < 1.29 is 14.7 Å². The average molecular weight is 356 g/mol. The van der Waals surface area contributed by atoms with E-state index in [0.29, 0.717) is 24.3 Å². The number of aromatic nitrogens is 3. The van der Waals surface area contributed by atoms with Crippen LogP contribution in [0.15, 0.2) is 24.4 Å². The van der Waals surface area contributed by atoms with Crippen LogP contribution >= 0.6 is 0 Å². The second-order valence-corrected chi connectivity index (χ2v) is 6.82. The number of likely N-dealkylation sites (tertiary alicyclic amines) is 1. The van der Waals surface area contributed by atoms with Crippen LogP contribution in [0.2, 0.25) is 0 Å². The number of rotatable bonds is 5. The Morgan fingerprint density at radius 1 is 1.27 bits per heavy atom. The molecular weight excluding hydrogens is 332 g/mol. The molecule has 138 valence electrons. The Bertz CT molecular complexity index is 798. The second-order valence-electron chi connectivity index (χ2n) is 6.82. The zero-order chi connectivity index (χ0) is 18.7. The summed E-state index contributed by atoms with van der Waals surface area (Å²) in [6, 6.07) is 5.53. The van der Waals surface area contributed by atoms with Crippen molar-refractivity contribution in [3.8, 4) is 5.82 Å². The fourth-order valence-corrected chi connectivity index (χ4v) is 3.52. The van der Waals surface area contributed by atoms with Crippen LogP contribution in [0.4, 0.5) is 0 Å². The van der Waals surface area contributed by atoms with E-state index in [1.807, 2.05) is 24.8 Å². The van der Waals surface area contributed by atoms with Crippen molar-refractivity contribution in [1.29, 1.82) is 0 Å². The van der Waals surface area contributed by atoms with E-state index in [-0.39, 0.29) is 18.4 Å². The van der Waals surface area contributed by atoms with Crippen molar-refractivity contribution in [2.45, 2.75) is 52.0 Å². The lowest BCUT2D eigenvalue weighted by Gasteiger charge is -2.35. The van der Waals surface area contributed by atoms with Gasteiger partial charge in [-0.3, -0.25) is 9.59 Å². The molecule has 0 aliphatic carbocycles. The van der Waals surface area contributed by atoms with Crippen molar-refractivity contribution in [1.82, 2.24) is 19.7 Å². The molecule has 0 radical (unpaired) electrons. The van der Waals surface area contributed by atoms with Crippen LogP contribution in [0.25, 0.3) is 5.82 Å². The van der Waals surface area contributed by atoms with Gasteiger partial charge in [0.25, 0.3) is 5.91 Å². The topological polar surface area (TPSA) is 88.3 Å². The van der Waals surface area contributed by atoms with Crippen molar-refractivity contribution in [3.63, 3.8) is 0 Å². The summed E-state index contributed by atoms with van der Waals surface area (Å²) < 4.78 is 1.75. The third kappa shape index (κ3) is 3.92. The van der Waals surface area contributed by atoms with Crippen LogP contribution in [-0.4, -0.2) is 49.2 Å². The maximum atomic E-state index is 12.9. The summed E-state index contributed by atoms with van der Waals surface area (Å²) in [7, 11) is 0. The Labute approximate surface area is 152 Å². The molecule has 1 atom stereocenters. The average Bonchev–Trinajstić information content (AvgIpc) is 2.98. The highest BCUT2D eigenvalue weighted by Crippen LogP contribution is 2.23. The zero-order valence-electron chi connectivity index (χ0n) is 15.2. The standard InChI is InChI=1S/C19H24N4O3/c1-13-11-14(2)23(21-13)17-8-6-15(12-20-17)19(26)22-10-4-3-5-16(22)7-9-18(24)25/h6,8,11-12,16H,3-5,7,9-10H2,1-2H3,(H,24,25). The number of piperidine rings is 1. The van der Waals surface area contributed by atoms with Gasteiger partial charge < -0.3 is 10.0 Å². The van der Waals surface area contributed by atoms with Gasteiger partial charge in [-0.25, -0.2) is 9.67 Å². The van der Waals surface area contributed by atoms with E-state index >= 15 is 0 Å². The molecular formula is C19H24N4O3. The monoisotopic (exact) mass is 356 g/mol. The summed E-state index contributed by atoms with van der Waals surface area (Å²) >= 11 is 0. The molecule has 1 fully saturated rings. The predicted octanol–water partition coefficient (Wildman–Crippen LogP) is 2.74. The molecule has 26 heavy (non-hydrogen) atoms. The smallest absolute Gasteiger partial charge is 0.303 e. The highest BCUT2D eigenvalue weighted by Gasteiger charge is 2.28. The minimum Gasteiger partial charge on any atom is -0.481 e. The van der Waals surface area contributed by atoms with E-state index in [9.17, 15) is 9.59 Å². The zero-order valence-corrected chi connectivity index (χ0v) is 15.2. The van der Waals surface area contributed by atoms with Gasteiger partial charge in [-0.05, 0) is 57.7 Å². The Morgan fingerprint density at radius 2 is 2.08 bits per heavy atom. The first kappa shape index (κ1) is 18.1. The van der Waals surface area contributed by atoms with Crippen LogP contribution in [0.3, 0.4) is 0 Å². The molecule has 1 aliphatic rings. The molecule has 2 aromatic heterocycles. The third-order valence-corrected chi connectivity index (χ3v) is 4.80. The largest absolute Gasteiger partial charge is 0.481 e. The maximum absolute atomic E-state index is 12.9. The SMILES string of the molecule is Cc1cc(C)n(-c2ccc(C(=O)N3CCCCC3CCC(=O)O)cn2)n1. The summed E-state index contributed by atoms with van der Waals surface area (Å²) in [5.74, 6) is -0.223. The van der Waals surface area contributed by atoms with Gasteiger partial charge >= 0.3 is 5.97 Å². The normalized spacial score (nSPS) is 17.3. The van der Waals surface area contributed by atoms with E-state index in [0.717, 1.165) is 30.7 Å². The van der Waals surface area contributed by atoms with Gasteiger partial charge in [0.15, 0.2) is 5.82 Å². The molecule has 3 rings (SSSR count). The predicted molar refractivity (Wildman–Crippen MR) is 96.4 cm³/mol. The van der Waals surface area contributed by atoms with Gasteiger partial charge in [-0.2, -0.15) is 5.10 Å². The number of aryl methyl sites for hydroxylation is 2. The van der Waals surface area contributed by atoms with E-state index in [4.69, 9.17) is 5.11 Å². The summed E-state index contributed by atoms with van der Waals surface area (Å²) in [5.41, 5.74) is 2.43. The van der Waals surface area contributed by atoms with E-state index in [1.54, 1.807) is 23.0 Å². The Balaban J connectivity index is 1.76. The quantitative estimate of drug-likeness (QED) is 0.890. The fourth-order valence-electron chi connectivity index (χ4n) is 3.52. The number of hydrogen-bond acceptors (Lipinski definition) is 4. The molecule has 0 saturated carbocycles. The van der Waals surface area contributed by atoms with Crippen molar-refractivity contribution >= 4 is 11.9 Å². The molecule has 7 heteroatoms. The number of aliphatic carboxylic acids is 1. The number of amides is 1. The van der Waals surface area contributed by atoms with E-state index in [2.05, 4.69) is 10.1 Å². The Kier molecular flexibility index (Phi) is 5.35. The summed E-state index contributed by atoms with van der Waals surface area (Å²) in [5, 5.41) is 13.3. The molecule has 1 saturated heterocycles. The van der Waals surface area contributed by atoms with Gasteiger partial charge in [0.05, 0.1) is 11.3 Å². The minimum absolute atomic E-state index is 0.0111. The summed E-state index contributed by atoms with van der Waals surface area (Å²) in [6.07, 6.45) is 5.00. The molecule has 3 heterocycles. The minimum atomic E-state index is -0.820. The first-order chi connectivity index (χ1) is 12.5. The first-order valence-corrected chi connectivity index (χ1v) is 8.98. The molecule has 0 aromatic carbocycles. The number of nitrogens with zero attached hydrogens (tertiary/aromatic N) is 4. The lowest BCUT2D eigenvalue weighted by atomic mass is 9.97. The first-order valence-electron chi connectivity index (χ1n) is 8.98. The van der Waals surface area contributed by atoms with Gasteiger partial charge in [-0.1, -0.05) is 0 Å². The lowest BCUT2D eigenvalue weighted by molar-refractivity contribution is -0.137. The van der Waals surface area contributed by atoms with Crippen LogP contribution in [0.1, 0.15) is 53.8 Å². The molecule has 1 N–H and O–H groups in total. The highest BCUT2D eigenvalue weighted by atomic mass is 16.4. The van der Waals surface area contributed by atoms with E-state index < -0.39 is 5.97 Å². The van der Waals surface area contributed by atoms with Gasteiger partial charge in [0.2, 0.25) is 0 Å². The molecule has 1 unspecified atom stereocenters. The number of hydrogen-bond donors (Lipinski definition) is 1. The van der Waals surface area contributed by atoms with Crippen molar-refractivity contribution in [3.05, 3.63) is 41.3 Å². The fraction of sp³-hybridized carbons (Fsp3) is 0.474. The number of carbonyl (C=O) groups excluding carboxylic acids is 1. The van der Waals surface area contributed by atoms with Gasteiger partial charge in [0.1, 0.15) is 0 Å². The highest BCUT2D eigenvalue weighted by molar-refractivity contribution is 5.94. The lowest BCUT2D eigenvalue weighted by Crippen LogP contribution is -2.44. The van der Waals surface area contributed by atoms with Crippen LogP contribution < -0.4 is 0 Å². The van der Waals surface area contributed by atoms with Crippen molar-refractivity contribution in [2.24, 2.45) is 0 Å². The van der Waals surface area contributed by atoms with Crippen LogP contribution in [0, 0.1) is 13.8 Å². The van der Waals surface area contributed by atoms with Crippen LogP contribution in [0.5, 0.6) is 0 Å².